The maximum atomic E-state index is 6.64. The Morgan fingerprint density at radius 3 is 2.02 bits per heavy atom. The molecule has 0 atom stereocenters. The Morgan fingerprint density at radius 2 is 1.15 bits per heavy atom. The summed E-state index contributed by atoms with van der Waals surface area (Å²) in [5.41, 5.74) is 12.0. The molecular formula is C43H29NO2. The molecular weight excluding hydrogens is 562 g/mol. The lowest BCUT2D eigenvalue weighted by atomic mass is 9.82. The monoisotopic (exact) mass is 591 g/mol. The molecule has 10 rings (SSSR count). The van der Waals surface area contributed by atoms with Crippen LogP contribution in [0.25, 0.3) is 65.8 Å². The first-order valence-electron chi connectivity index (χ1n) is 15.8. The van der Waals surface area contributed by atoms with Crippen molar-refractivity contribution in [1.82, 2.24) is 0 Å². The fraction of sp³-hybridized carbons (Fsp3) is 0.0698. The van der Waals surface area contributed by atoms with E-state index in [1.807, 2.05) is 0 Å². The molecule has 7 aromatic carbocycles. The minimum absolute atomic E-state index is 0.0906. The van der Waals surface area contributed by atoms with Crippen LogP contribution in [0.1, 0.15) is 25.0 Å². The molecule has 0 aliphatic heterocycles. The van der Waals surface area contributed by atoms with E-state index in [0.29, 0.717) is 0 Å². The minimum Gasteiger partial charge on any atom is -0.456 e. The zero-order valence-corrected chi connectivity index (χ0v) is 25.5. The summed E-state index contributed by atoms with van der Waals surface area (Å²) in [6.45, 7) is 4.67. The number of benzene rings is 7. The summed E-state index contributed by atoms with van der Waals surface area (Å²) >= 11 is 0. The van der Waals surface area contributed by atoms with E-state index in [2.05, 4.69) is 158 Å². The molecule has 3 nitrogen and oxygen atoms in total. The molecule has 9 aromatic rings. The molecule has 0 fully saturated rings. The molecule has 218 valence electrons. The highest BCUT2D eigenvalue weighted by Crippen LogP contribution is 2.51. The molecule has 2 aromatic heterocycles. The number of nitrogens with zero attached hydrogens (tertiary/aromatic N) is 1. The van der Waals surface area contributed by atoms with E-state index in [1.165, 1.54) is 33.0 Å². The van der Waals surface area contributed by atoms with Crippen LogP contribution in [0.5, 0.6) is 0 Å². The Bertz CT molecular complexity index is 2670. The largest absolute Gasteiger partial charge is 0.456 e. The zero-order valence-electron chi connectivity index (χ0n) is 25.5. The summed E-state index contributed by atoms with van der Waals surface area (Å²) in [6, 6.07) is 49.9. The maximum Gasteiger partial charge on any atom is 0.147 e. The summed E-state index contributed by atoms with van der Waals surface area (Å²) in [4.78, 5) is 2.35. The number of fused-ring (bicyclic) bond motifs is 11. The van der Waals surface area contributed by atoms with Gasteiger partial charge in [0.25, 0.3) is 0 Å². The van der Waals surface area contributed by atoms with Crippen molar-refractivity contribution in [3.05, 3.63) is 151 Å². The van der Waals surface area contributed by atoms with Gasteiger partial charge in [0.15, 0.2) is 0 Å². The molecule has 3 heteroatoms. The van der Waals surface area contributed by atoms with E-state index in [1.54, 1.807) is 0 Å². The van der Waals surface area contributed by atoms with Gasteiger partial charge in [0.2, 0.25) is 0 Å². The molecule has 0 spiro atoms. The Balaban J connectivity index is 1.20. The second-order valence-electron chi connectivity index (χ2n) is 13.0. The third kappa shape index (κ3) is 3.48. The van der Waals surface area contributed by atoms with Gasteiger partial charge in [0.05, 0.1) is 5.39 Å². The first-order valence-corrected chi connectivity index (χ1v) is 15.8. The quantitative estimate of drug-likeness (QED) is 0.205. The lowest BCUT2D eigenvalue weighted by Gasteiger charge is -2.28. The van der Waals surface area contributed by atoms with Gasteiger partial charge < -0.3 is 13.7 Å². The number of anilines is 3. The molecule has 0 amide bonds. The molecule has 0 unspecified atom stereocenters. The zero-order chi connectivity index (χ0) is 30.6. The van der Waals surface area contributed by atoms with Crippen molar-refractivity contribution < 1.29 is 8.83 Å². The SMILES string of the molecule is CC1(C)c2ccccc2-c2ccc(N(c3ccccc3)c3ccc4oc5ccc6c7cc8ccccc8cc7oc6c5c4c3)cc21. The van der Waals surface area contributed by atoms with Crippen molar-refractivity contribution in [1.29, 1.82) is 0 Å². The summed E-state index contributed by atoms with van der Waals surface area (Å²) < 4.78 is 13.1. The van der Waals surface area contributed by atoms with Crippen LogP contribution in [0.4, 0.5) is 17.1 Å². The third-order valence-corrected chi connectivity index (χ3v) is 10.0. The van der Waals surface area contributed by atoms with Gasteiger partial charge in [0, 0.05) is 38.6 Å². The normalized spacial score (nSPS) is 13.6. The van der Waals surface area contributed by atoms with Gasteiger partial charge in [-0.05, 0) is 99.8 Å². The van der Waals surface area contributed by atoms with Crippen molar-refractivity contribution in [2.24, 2.45) is 0 Å². The molecule has 1 aliphatic rings. The fourth-order valence-corrected chi connectivity index (χ4v) is 7.76. The average molecular weight is 592 g/mol. The molecule has 46 heavy (non-hydrogen) atoms. The first kappa shape index (κ1) is 25.5. The summed E-state index contributed by atoms with van der Waals surface area (Å²) in [6.07, 6.45) is 0. The topological polar surface area (TPSA) is 29.5 Å². The molecule has 2 heterocycles. The summed E-state index contributed by atoms with van der Waals surface area (Å²) in [5, 5.41) is 6.64. The van der Waals surface area contributed by atoms with Crippen LogP contribution in [0.2, 0.25) is 0 Å². The fourth-order valence-electron chi connectivity index (χ4n) is 7.76. The van der Waals surface area contributed by atoms with Gasteiger partial charge in [-0.2, -0.15) is 0 Å². The number of hydrogen-bond donors (Lipinski definition) is 0. The average Bonchev–Trinajstić information content (AvgIpc) is 3.71. The number of furan rings is 2. The van der Waals surface area contributed by atoms with Crippen molar-refractivity contribution in [2.75, 3.05) is 4.90 Å². The Hall–Kier alpha value is -5.80. The lowest BCUT2D eigenvalue weighted by molar-refractivity contribution is 0.660. The number of hydrogen-bond acceptors (Lipinski definition) is 3. The second kappa shape index (κ2) is 9.12. The van der Waals surface area contributed by atoms with Crippen LogP contribution in [-0.2, 0) is 5.41 Å². The van der Waals surface area contributed by atoms with Crippen LogP contribution in [0.15, 0.2) is 148 Å². The van der Waals surface area contributed by atoms with E-state index in [4.69, 9.17) is 8.83 Å². The lowest BCUT2D eigenvalue weighted by Crippen LogP contribution is -2.16. The van der Waals surface area contributed by atoms with Gasteiger partial charge in [-0.15, -0.1) is 0 Å². The Kier molecular flexibility index (Phi) is 5.06. The minimum atomic E-state index is -0.0906. The van der Waals surface area contributed by atoms with E-state index >= 15 is 0 Å². The molecule has 0 saturated carbocycles. The Labute approximate surface area is 265 Å². The standard InChI is InChI=1S/C43H29NO2/c1-43(2)36-15-9-8-14-31(36)32-18-16-30(25-37(32)43)44(28-12-4-3-5-13-28)29-17-20-38-35(24-29)41-39(45-38)21-19-33-34-22-26-10-6-7-11-27(26)23-40(34)46-42(33)41/h3-25H,1-2H3. The highest BCUT2D eigenvalue weighted by molar-refractivity contribution is 6.23. The van der Waals surface area contributed by atoms with Crippen LogP contribution in [0.3, 0.4) is 0 Å². The predicted octanol–water partition coefficient (Wildman–Crippen LogP) is 12.4. The van der Waals surface area contributed by atoms with Gasteiger partial charge in [-0.1, -0.05) is 86.6 Å². The summed E-state index contributed by atoms with van der Waals surface area (Å²) in [5.74, 6) is 0. The van der Waals surface area contributed by atoms with Gasteiger partial charge in [0.1, 0.15) is 22.3 Å². The smallest absolute Gasteiger partial charge is 0.147 e. The number of rotatable bonds is 3. The van der Waals surface area contributed by atoms with Crippen LogP contribution in [0, 0.1) is 0 Å². The van der Waals surface area contributed by atoms with Crippen molar-refractivity contribution in [3.63, 3.8) is 0 Å². The van der Waals surface area contributed by atoms with E-state index in [-0.39, 0.29) is 5.41 Å². The van der Waals surface area contributed by atoms with Crippen molar-refractivity contribution in [2.45, 2.75) is 19.3 Å². The van der Waals surface area contributed by atoms with E-state index in [0.717, 1.165) is 60.9 Å². The second-order valence-corrected chi connectivity index (χ2v) is 13.0. The van der Waals surface area contributed by atoms with E-state index in [9.17, 15) is 0 Å². The highest BCUT2D eigenvalue weighted by Gasteiger charge is 2.35. The van der Waals surface area contributed by atoms with Crippen LogP contribution < -0.4 is 4.90 Å². The molecule has 0 N–H and O–H groups in total. The molecule has 0 saturated heterocycles. The first-order chi connectivity index (χ1) is 22.5. The summed E-state index contributed by atoms with van der Waals surface area (Å²) in [7, 11) is 0. The van der Waals surface area contributed by atoms with Gasteiger partial charge in [-0.3, -0.25) is 0 Å². The third-order valence-electron chi connectivity index (χ3n) is 10.0. The molecule has 0 radical (unpaired) electrons. The van der Waals surface area contributed by atoms with Crippen LogP contribution in [-0.4, -0.2) is 0 Å². The van der Waals surface area contributed by atoms with Gasteiger partial charge in [-0.25, -0.2) is 0 Å². The Morgan fingerprint density at radius 1 is 0.457 bits per heavy atom. The highest BCUT2D eigenvalue weighted by atomic mass is 16.3. The molecule has 0 bridgehead atoms. The maximum absolute atomic E-state index is 6.64. The van der Waals surface area contributed by atoms with Crippen molar-refractivity contribution >= 4 is 71.7 Å². The number of para-hydroxylation sites is 1. The van der Waals surface area contributed by atoms with Crippen molar-refractivity contribution in [3.8, 4) is 11.1 Å². The van der Waals surface area contributed by atoms with Gasteiger partial charge >= 0.3 is 0 Å². The van der Waals surface area contributed by atoms with E-state index < -0.39 is 0 Å². The predicted molar refractivity (Wildman–Crippen MR) is 191 cm³/mol. The van der Waals surface area contributed by atoms with Crippen LogP contribution >= 0.6 is 0 Å². The molecule has 1 aliphatic carbocycles.